The van der Waals surface area contributed by atoms with Crippen LogP contribution in [0, 0.1) is 12.7 Å². The Kier molecular flexibility index (Phi) is 6.07. The number of aryl methyl sites for hydroxylation is 1. The number of carbonyl (C=O) groups is 2. The SMILES string of the molecule is CCN(C(=O)CNC(=O)Cc1cccc(F)c1)c1cccc(C)c1. The number of halogens is 1. The summed E-state index contributed by atoms with van der Waals surface area (Å²) < 4.78 is 13.1. The number of rotatable bonds is 6. The second kappa shape index (κ2) is 8.24. The molecule has 0 atom stereocenters. The number of hydrogen-bond donors (Lipinski definition) is 1. The molecule has 24 heavy (non-hydrogen) atoms. The van der Waals surface area contributed by atoms with E-state index < -0.39 is 0 Å². The minimum absolute atomic E-state index is 0.0433. The van der Waals surface area contributed by atoms with Gasteiger partial charge in [-0.05, 0) is 49.2 Å². The van der Waals surface area contributed by atoms with Gasteiger partial charge < -0.3 is 10.2 Å². The smallest absolute Gasteiger partial charge is 0.246 e. The predicted molar refractivity (Wildman–Crippen MR) is 92.3 cm³/mol. The molecule has 0 heterocycles. The number of nitrogens with one attached hydrogen (secondary N) is 1. The molecule has 5 heteroatoms. The average molecular weight is 328 g/mol. The van der Waals surface area contributed by atoms with Gasteiger partial charge in [-0.1, -0.05) is 24.3 Å². The van der Waals surface area contributed by atoms with Crippen LogP contribution in [-0.4, -0.2) is 24.9 Å². The lowest BCUT2D eigenvalue weighted by molar-refractivity contribution is -0.124. The van der Waals surface area contributed by atoms with E-state index in [9.17, 15) is 14.0 Å². The van der Waals surface area contributed by atoms with Crippen LogP contribution >= 0.6 is 0 Å². The van der Waals surface area contributed by atoms with Crippen LogP contribution in [0.25, 0.3) is 0 Å². The third kappa shape index (κ3) is 4.91. The molecule has 4 nitrogen and oxygen atoms in total. The number of benzene rings is 2. The van der Waals surface area contributed by atoms with Crippen molar-refractivity contribution in [3.05, 3.63) is 65.5 Å². The van der Waals surface area contributed by atoms with Crippen molar-refractivity contribution in [2.45, 2.75) is 20.3 Å². The lowest BCUT2D eigenvalue weighted by Crippen LogP contribution is -2.40. The van der Waals surface area contributed by atoms with Gasteiger partial charge >= 0.3 is 0 Å². The molecular weight excluding hydrogens is 307 g/mol. The summed E-state index contributed by atoms with van der Waals surface area (Å²) in [5.74, 6) is -0.877. The first kappa shape index (κ1) is 17.7. The number of carbonyl (C=O) groups excluding carboxylic acids is 2. The molecule has 2 amide bonds. The first-order chi connectivity index (χ1) is 11.5. The summed E-state index contributed by atoms with van der Waals surface area (Å²) in [6, 6.07) is 13.5. The summed E-state index contributed by atoms with van der Waals surface area (Å²) in [7, 11) is 0. The zero-order chi connectivity index (χ0) is 17.5. The van der Waals surface area contributed by atoms with Crippen LogP contribution in [0.15, 0.2) is 48.5 Å². The standard InChI is InChI=1S/C19H21FN2O2/c1-3-22(17-9-4-6-14(2)10-17)19(24)13-21-18(23)12-15-7-5-8-16(20)11-15/h4-11H,3,12-13H2,1-2H3,(H,21,23). The molecule has 0 aliphatic heterocycles. The zero-order valence-corrected chi connectivity index (χ0v) is 13.9. The molecule has 2 aromatic carbocycles. The summed E-state index contributed by atoms with van der Waals surface area (Å²) in [5.41, 5.74) is 2.45. The predicted octanol–water partition coefficient (Wildman–Crippen LogP) is 2.85. The van der Waals surface area contributed by atoms with Gasteiger partial charge in [0.05, 0.1) is 13.0 Å². The van der Waals surface area contributed by atoms with Crippen LogP contribution in [0.1, 0.15) is 18.1 Å². The lowest BCUT2D eigenvalue weighted by atomic mass is 10.1. The van der Waals surface area contributed by atoms with Crippen LogP contribution in [0.4, 0.5) is 10.1 Å². The van der Waals surface area contributed by atoms with Gasteiger partial charge in [0, 0.05) is 12.2 Å². The molecule has 0 saturated heterocycles. The van der Waals surface area contributed by atoms with Crippen LogP contribution in [0.3, 0.4) is 0 Å². The molecule has 0 bridgehead atoms. The minimum Gasteiger partial charge on any atom is -0.347 e. The van der Waals surface area contributed by atoms with Crippen LogP contribution in [0.2, 0.25) is 0 Å². The molecule has 0 saturated carbocycles. The Balaban J connectivity index is 1.92. The Morgan fingerprint density at radius 3 is 2.54 bits per heavy atom. The normalized spacial score (nSPS) is 10.3. The van der Waals surface area contributed by atoms with E-state index in [1.54, 1.807) is 17.0 Å². The van der Waals surface area contributed by atoms with Crippen molar-refractivity contribution in [3.63, 3.8) is 0 Å². The highest BCUT2D eigenvalue weighted by Gasteiger charge is 2.15. The molecular formula is C19H21FN2O2. The van der Waals surface area contributed by atoms with Gasteiger partial charge in [-0.2, -0.15) is 0 Å². The molecule has 0 aliphatic carbocycles. The number of likely N-dealkylation sites (N-methyl/N-ethyl adjacent to an activating group) is 1. The lowest BCUT2D eigenvalue weighted by Gasteiger charge is -2.21. The van der Waals surface area contributed by atoms with E-state index in [0.717, 1.165) is 11.3 Å². The van der Waals surface area contributed by atoms with Crippen molar-refractivity contribution < 1.29 is 14.0 Å². The fourth-order valence-corrected chi connectivity index (χ4v) is 2.46. The summed E-state index contributed by atoms with van der Waals surface area (Å²) in [6.07, 6.45) is 0.0433. The molecule has 0 aromatic heterocycles. The zero-order valence-electron chi connectivity index (χ0n) is 13.9. The summed E-state index contributed by atoms with van der Waals surface area (Å²) in [6.45, 7) is 4.27. The highest BCUT2D eigenvalue weighted by atomic mass is 19.1. The second-order valence-electron chi connectivity index (χ2n) is 5.56. The maximum atomic E-state index is 13.1. The Morgan fingerprint density at radius 1 is 1.12 bits per heavy atom. The highest BCUT2D eigenvalue weighted by Crippen LogP contribution is 2.15. The quantitative estimate of drug-likeness (QED) is 0.886. The number of amides is 2. The molecule has 0 spiro atoms. The van der Waals surface area contributed by atoms with Crippen LogP contribution in [-0.2, 0) is 16.0 Å². The van der Waals surface area contributed by atoms with Gasteiger partial charge in [-0.15, -0.1) is 0 Å². The van der Waals surface area contributed by atoms with E-state index in [1.807, 2.05) is 38.1 Å². The Bertz CT molecular complexity index is 731. The minimum atomic E-state index is -0.381. The summed E-state index contributed by atoms with van der Waals surface area (Å²) in [4.78, 5) is 25.9. The number of anilines is 1. The second-order valence-corrected chi connectivity index (χ2v) is 5.56. The molecule has 1 N–H and O–H groups in total. The molecule has 0 radical (unpaired) electrons. The third-order valence-corrected chi connectivity index (χ3v) is 3.62. The Morgan fingerprint density at radius 2 is 1.88 bits per heavy atom. The molecule has 0 aliphatic rings. The van der Waals surface area contributed by atoms with Crippen molar-refractivity contribution in [3.8, 4) is 0 Å². The fraction of sp³-hybridized carbons (Fsp3) is 0.263. The number of hydrogen-bond acceptors (Lipinski definition) is 2. The van der Waals surface area contributed by atoms with E-state index in [1.165, 1.54) is 12.1 Å². The number of nitrogens with zero attached hydrogens (tertiary/aromatic N) is 1. The average Bonchev–Trinajstić information content (AvgIpc) is 2.54. The van der Waals surface area contributed by atoms with E-state index in [0.29, 0.717) is 12.1 Å². The van der Waals surface area contributed by atoms with Gasteiger partial charge in [0.1, 0.15) is 5.82 Å². The maximum Gasteiger partial charge on any atom is 0.246 e. The largest absolute Gasteiger partial charge is 0.347 e. The molecule has 126 valence electrons. The van der Waals surface area contributed by atoms with Gasteiger partial charge in [0.2, 0.25) is 11.8 Å². The molecule has 2 aromatic rings. The van der Waals surface area contributed by atoms with Crippen molar-refractivity contribution in [2.24, 2.45) is 0 Å². The van der Waals surface area contributed by atoms with E-state index in [-0.39, 0.29) is 30.6 Å². The monoisotopic (exact) mass is 328 g/mol. The van der Waals surface area contributed by atoms with Gasteiger partial charge in [0.25, 0.3) is 0 Å². The van der Waals surface area contributed by atoms with Gasteiger partial charge in [0.15, 0.2) is 0 Å². The van der Waals surface area contributed by atoms with E-state index in [2.05, 4.69) is 5.32 Å². The van der Waals surface area contributed by atoms with Crippen LogP contribution < -0.4 is 10.2 Å². The van der Waals surface area contributed by atoms with Crippen molar-refractivity contribution in [1.82, 2.24) is 5.32 Å². The maximum absolute atomic E-state index is 13.1. The van der Waals surface area contributed by atoms with Crippen molar-refractivity contribution in [2.75, 3.05) is 18.0 Å². The topological polar surface area (TPSA) is 49.4 Å². The first-order valence-corrected chi connectivity index (χ1v) is 7.87. The Labute approximate surface area is 141 Å². The summed E-state index contributed by atoms with van der Waals surface area (Å²) >= 11 is 0. The third-order valence-electron chi connectivity index (χ3n) is 3.62. The Hall–Kier alpha value is -2.69. The van der Waals surface area contributed by atoms with E-state index >= 15 is 0 Å². The molecule has 0 fully saturated rings. The van der Waals surface area contributed by atoms with Gasteiger partial charge in [-0.25, -0.2) is 4.39 Å². The molecule has 2 rings (SSSR count). The van der Waals surface area contributed by atoms with Crippen molar-refractivity contribution >= 4 is 17.5 Å². The van der Waals surface area contributed by atoms with Crippen LogP contribution in [0.5, 0.6) is 0 Å². The van der Waals surface area contributed by atoms with Gasteiger partial charge in [-0.3, -0.25) is 9.59 Å². The van der Waals surface area contributed by atoms with E-state index in [4.69, 9.17) is 0 Å². The highest BCUT2D eigenvalue weighted by molar-refractivity contribution is 5.96. The summed E-state index contributed by atoms with van der Waals surface area (Å²) in [5, 5.41) is 2.60. The fourth-order valence-electron chi connectivity index (χ4n) is 2.46. The van der Waals surface area contributed by atoms with Crippen molar-refractivity contribution in [1.29, 1.82) is 0 Å². The first-order valence-electron chi connectivity index (χ1n) is 7.87. The molecule has 0 unspecified atom stereocenters.